The largest absolute Gasteiger partial charge is 0.508 e. The van der Waals surface area contributed by atoms with Crippen molar-refractivity contribution < 1.29 is 5.11 Å². The summed E-state index contributed by atoms with van der Waals surface area (Å²) >= 11 is 0. The van der Waals surface area contributed by atoms with Crippen molar-refractivity contribution in [1.29, 1.82) is 0 Å². The van der Waals surface area contributed by atoms with Crippen LogP contribution in [0, 0.1) is 0 Å². The zero-order valence-corrected chi connectivity index (χ0v) is 10.7. The molecule has 2 N–H and O–H groups in total. The van der Waals surface area contributed by atoms with Gasteiger partial charge in [0.1, 0.15) is 5.75 Å². The topological polar surface area (TPSA) is 32.3 Å². The first-order chi connectivity index (χ1) is 8.24. The van der Waals surface area contributed by atoms with Crippen molar-refractivity contribution in [3.63, 3.8) is 0 Å². The highest BCUT2D eigenvalue weighted by Gasteiger charge is 2.28. The second kappa shape index (κ2) is 5.54. The molecule has 1 aromatic rings. The Morgan fingerprint density at radius 2 is 2.00 bits per heavy atom. The Hall–Kier alpha value is -1.02. The van der Waals surface area contributed by atoms with Crippen LogP contribution in [-0.2, 0) is 6.42 Å². The second-order valence-corrected chi connectivity index (χ2v) is 5.18. The molecule has 1 aliphatic heterocycles. The minimum atomic E-state index is 0.356. The fourth-order valence-electron chi connectivity index (χ4n) is 2.77. The first kappa shape index (κ1) is 12.4. The molecule has 1 aromatic carbocycles. The number of rotatable bonds is 4. The summed E-state index contributed by atoms with van der Waals surface area (Å²) in [6.45, 7) is 3.46. The second-order valence-electron chi connectivity index (χ2n) is 5.18. The lowest BCUT2D eigenvalue weighted by Gasteiger charge is -2.38. The van der Waals surface area contributed by atoms with Gasteiger partial charge in [-0.3, -0.25) is 0 Å². The number of nitrogens with one attached hydrogen (secondary N) is 1. The molecular weight excluding hydrogens is 210 g/mol. The van der Waals surface area contributed by atoms with E-state index in [9.17, 15) is 5.11 Å². The van der Waals surface area contributed by atoms with E-state index in [-0.39, 0.29) is 0 Å². The number of benzene rings is 1. The van der Waals surface area contributed by atoms with Crippen LogP contribution in [0.15, 0.2) is 24.3 Å². The molecule has 2 heteroatoms. The number of hydrogen-bond donors (Lipinski definition) is 2. The predicted molar refractivity (Wildman–Crippen MR) is 71.3 cm³/mol. The zero-order valence-electron chi connectivity index (χ0n) is 10.7. The third kappa shape index (κ3) is 3.22. The molecule has 0 radical (unpaired) electrons. The third-order valence-electron chi connectivity index (χ3n) is 4.09. The van der Waals surface area contributed by atoms with E-state index in [1.807, 2.05) is 12.1 Å². The van der Waals surface area contributed by atoms with E-state index in [1.165, 1.54) is 44.2 Å². The summed E-state index contributed by atoms with van der Waals surface area (Å²) < 4.78 is 0. The molecule has 0 aliphatic carbocycles. The smallest absolute Gasteiger partial charge is 0.115 e. The normalized spacial score (nSPS) is 24.8. The van der Waals surface area contributed by atoms with Crippen LogP contribution >= 0.6 is 0 Å². The van der Waals surface area contributed by atoms with Gasteiger partial charge >= 0.3 is 0 Å². The van der Waals surface area contributed by atoms with Crippen LogP contribution < -0.4 is 5.32 Å². The lowest BCUT2D eigenvalue weighted by atomic mass is 9.81. The minimum Gasteiger partial charge on any atom is -0.508 e. The van der Waals surface area contributed by atoms with Gasteiger partial charge in [0.15, 0.2) is 0 Å². The Morgan fingerprint density at radius 3 is 2.59 bits per heavy atom. The molecule has 1 heterocycles. The summed E-state index contributed by atoms with van der Waals surface area (Å²) in [5, 5.41) is 13.0. The SMILES string of the molecule is CCC1(CCc2ccc(O)cc2)CCCCN1. The first-order valence-corrected chi connectivity index (χ1v) is 6.77. The van der Waals surface area contributed by atoms with Crippen molar-refractivity contribution in [2.24, 2.45) is 0 Å². The number of piperidine rings is 1. The number of aromatic hydroxyl groups is 1. The van der Waals surface area contributed by atoms with Gasteiger partial charge in [0.05, 0.1) is 0 Å². The lowest BCUT2D eigenvalue weighted by molar-refractivity contribution is 0.229. The predicted octanol–water partition coefficient (Wildman–Crippen LogP) is 3.25. The van der Waals surface area contributed by atoms with Crippen LogP contribution in [0.1, 0.15) is 44.6 Å². The fourth-order valence-corrected chi connectivity index (χ4v) is 2.77. The molecule has 0 bridgehead atoms. The van der Waals surface area contributed by atoms with Gasteiger partial charge in [-0.1, -0.05) is 25.5 Å². The third-order valence-corrected chi connectivity index (χ3v) is 4.09. The van der Waals surface area contributed by atoms with E-state index in [0.29, 0.717) is 11.3 Å². The van der Waals surface area contributed by atoms with E-state index in [2.05, 4.69) is 12.2 Å². The molecule has 1 fully saturated rings. The van der Waals surface area contributed by atoms with Crippen LogP contribution in [0.2, 0.25) is 0 Å². The van der Waals surface area contributed by atoms with E-state index >= 15 is 0 Å². The number of aryl methyl sites for hydroxylation is 1. The van der Waals surface area contributed by atoms with Crippen molar-refractivity contribution in [2.45, 2.75) is 51.0 Å². The van der Waals surface area contributed by atoms with E-state index in [0.717, 1.165) is 6.42 Å². The molecule has 17 heavy (non-hydrogen) atoms. The number of phenolic OH excluding ortho intramolecular Hbond substituents is 1. The Balaban J connectivity index is 1.93. The van der Waals surface area contributed by atoms with Gasteiger partial charge < -0.3 is 10.4 Å². The monoisotopic (exact) mass is 233 g/mol. The molecule has 0 aromatic heterocycles. The minimum absolute atomic E-state index is 0.356. The van der Waals surface area contributed by atoms with Crippen molar-refractivity contribution in [1.82, 2.24) is 5.32 Å². The average molecular weight is 233 g/mol. The van der Waals surface area contributed by atoms with Gasteiger partial charge in [0, 0.05) is 5.54 Å². The van der Waals surface area contributed by atoms with Gasteiger partial charge in [0.25, 0.3) is 0 Å². The summed E-state index contributed by atoms with van der Waals surface area (Å²) in [6, 6.07) is 7.62. The molecule has 1 saturated heterocycles. The maximum atomic E-state index is 9.26. The lowest BCUT2D eigenvalue weighted by Crippen LogP contribution is -2.48. The molecule has 2 nitrogen and oxygen atoms in total. The summed E-state index contributed by atoms with van der Waals surface area (Å²) in [5.74, 6) is 0.356. The highest BCUT2D eigenvalue weighted by molar-refractivity contribution is 5.26. The maximum absolute atomic E-state index is 9.26. The van der Waals surface area contributed by atoms with Crippen LogP contribution in [0.3, 0.4) is 0 Å². The highest BCUT2D eigenvalue weighted by Crippen LogP contribution is 2.28. The number of phenols is 1. The van der Waals surface area contributed by atoms with E-state index in [1.54, 1.807) is 12.1 Å². The molecule has 0 saturated carbocycles. The van der Waals surface area contributed by atoms with E-state index < -0.39 is 0 Å². The number of hydrogen-bond acceptors (Lipinski definition) is 2. The van der Waals surface area contributed by atoms with Crippen molar-refractivity contribution in [2.75, 3.05) is 6.54 Å². The maximum Gasteiger partial charge on any atom is 0.115 e. The van der Waals surface area contributed by atoms with Crippen LogP contribution in [0.25, 0.3) is 0 Å². The molecule has 94 valence electrons. The summed E-state index contributed by atoms with van der Waals surface area (Å²) in [7, 11) is 0. The molecule has 1 aliphatic rings. The van der Waals surface area contributed by atoms with Gasteiger partial charge in [-0.05, 0) is 56.3 Å². The van der Waals surface area contributed by atoms with Crippen LogP contribution in [0.4, 0.5) is 0 Å². The van der Waals surface area contributed by atoms with Gasteiger partial charge in [-0.25, -0.2) is 0 Å². The Bertz CT molecular complexity index is 338. The van der Waals surface area contributed by atoms with Crippen molar-refractivity contribution in [3.8, 4) is 5.75 Å². The quantitative estimate of drug-likeness (QED) is 0.836. The Morgan fingerprint density at radius 1 is 1.24 bits per heavy atom. The average Bonchev–Trinajstić information content (AvgIpc) is 2.39. The molecule has 0 amide bonds. The summed E-state index contributed by atoms with van der Waals surface area (Å²) in [6.07, 6.45) is 7.50. The Labute approximate surface area is 104 Å². The van der Waals surface area contributed by atoms with Gasteiger partial charge in [-0.2, -0.15) is 0 Å². The molecular formula is C15H23NO. The summed E-state index contributed by atoms with van der Waals surface area (Å²) in [4.78, 5) is 0. The van der Waals surface area contributed by atoms with Crippen molar-refractivity contribution in [3.05, 3.63) is 29.8 Å². The molecule has 0 spiro atoms. The molecule has 2 rings (SSSR count). The standard InChI is InChI=1S/C15H23NO/c1-2-15(10-3-4-12-16-15)11-9-13-5-7-14(17)8-6-13/h5-8,16-17H,2-4,9-12H2,1H3. The van der Waals surface area contributed by atoms with E-state index in [4.69, 9.17) is 0 Å². The first-order valence-electron chi connectivity index (χ1n) is 6.77. The van der Waals surface area contributed by atoms with Gasteiger partial charge in [0.2, 0.25) is 0 Å². The molecule has 1 unspecified atom stereocenters. The van der Waals surface area contributed by atoms with Gasteiger partial charge in [-0.15, -0.1) is 0 Å². The van der Waals surface area contributed by atoms with Crippen LogP contribution in [-0.4, -0.2) is 17.2 Å². The summed E-state index contributed by atoms with van der Waals surface area (Å²) in [5.41, 5.74) is 1.68. The van der Waals surface area contributed by atoms with Crippen molar-refractivity contribution >= 4 is 0 Å². The zero-order chi connectivity index (χ0) is 12.1. The fraction of sp³-hybridized carbons (Fsp3) is 0.600. The van der Waals surface area contributed by atoms with Crippen LogP contribution in [0.5, 0.6) is 5.75 Å². The molecule has 1 atom stereocenters. The Kier molecular flexibility index (Phi) is 4.06. The highest BCUT2D eigenvalue weighted by atomic mass is 16.3.